The van der Waals surface area contributed by atoms with Gasteiger partial charge >= 0.3 is 0 Å². The van der Waals surface area contributed by atoms with E-state index < -0.39 is 0 Å². The lowest BCUT2D eigenvalue weighted by Gasteiger charge is -2.36. The van der Waals surface area contributed by atoms with Crippen LogP contribution in [0.4, 0.5) is 11.8 Å². The summed E-state index contributed by atoms with van der Waals surface area (Å²) in [6.45, 7) is 5.10. The Hall–Kier alpha value is -1.93. The molecule has 3 fully saturated rings. The molecule has 3 aliphatic heterocycles. The van der Waals surface area contributed by atoms with Crippen molar-refractivity contribution >= 4 is 17.7 Å². The third kappa shape index (κ3) is 3.91. The van der Waals surface area contributed by atoms with E-state index in [1.165, 1.54) is 0 Å². The molecule has 4 rings (SSSR count). The molecule has 4 heterocycles. The van der Waals surface area contributed by atoms with Gasteiger partial charge in [-0.3, -0.25) is 4.79 Å². The van der Waals surface area contributed by atoms with E-state index in [9.17, 15) is 9.90 Å². The fourth-order valence-electron chi connectivity index (χ4n) is 3.71. The molecule has 0 bridgehead atoms. The summed E-state index contributed by atoms with van der Waals surface area (Å²) in [4.78, 5) is 24.9. The number of carbonyl (C=O) groups is 1. The number of aromatic nitrogens is 2. The van der Waals surface area contributed by atoms with Gasteiger partial charge in [-0.25, -0.2) is 4.98 Å². The molecular weight excluding hydrogens is 334 g/mol. The molecule has 142 valence electrons. The van der Waals surface area contributed by atoms with E-state index in [4.69, 9.17) is 9.72 Å². The Kier molecular flexibility index (Phi) is 5.21. The first-order valence-corrected chi connectivity index (χ1v) is 9.60. The molecule has 8 heteroatoms. The Labute approximate surface area is 153 Å². The first-order valence-electron chi connectivity index (χ1n) is 9.60. The minimum Gasteiger partial charge on any atom is -0.389 e. The quantitative estimate of drug-likeness (QED) is 0.687. The van der Waals surface area contributed by atoms with Gasteiger partial charge in [-0.15, -0.1) is 0 Å². The molecule has 8 nitrogen and oxygen atoms in total. The van der Waals surface area contributed by atoms with Crippen LogP contribution >= 0.6 is 0 Å². The molecule has 0 aliphatic carbocycles. The van der Waals surface area contributed by atoms with Crippen molar-refractivity contribution in [3.05, 3.63) is 11.8 Å². The number of rotatable bonds is 7. The van der Waals surface area contributed by atoms with Gasteiger partial charge in [-0.2, -0.15) is 4.98 Å². The number of β-amino-alcohol motifs (C(OH)–C–C–N with tert-alkyl or cyclic N) is 1. The standard InChI is InChI=1S/C18H27N5O3/c24-14-10-23(11-14)18-20-15(13-4-8-26-12-13)9-16(21-18)19-5-2-7-22-6-1-3-17(22)25/h9,13-14,24H,1-8,10-12H2,(H,19,20,21). The van der Waals surface area contributed by atoms with Gasteiger partial charge in [0.1, 0.15) is 5.82 Å². The lowest BCUT2D eigenvalue weighted by molar-refractivity contribution is -0.127. The van der Waals surface area contributed by atoms with E-state index in [-0.39, 0.29) is 12.0 Å². The summed E-state index contributed by atoms with van der Waals surface area (Å²) in [6, 6.07) is 2.01. The second-order valence-electron chi connectivity index (χ2n) is 7.36. The Morgan fingerprint density at radius 1 is 1.35 bits per heavy atom. The second kappa shape index (κ2) is 7.75. The predicted molar refractivity (Wildman–Crippen MR) is 97.3 cm³/mol. The first-order chi connectivity index (χ1) is 12.7. The fourth-order valence-corrected chi connectivity index (χ4v) is 3.71. The summed E-state index contributed by atoms with van der Waals surface area (Å²) in [5.41, 5.74) is 1.01. The van der Waals surface area contributed by atoms with Gasteiger partial charge in [-0.05, 0) is 19.3 Å². The van der Waals surface area contributed by atoms with Crippen LogP contribution < -0.4 is 10.2 Å². The Bertz CT molecular complexity index is 644. The Morgan fingerprint density at radius 2 is 2.23 bits per heavy atom. The zero-order valence-electron chi connectivity index (χ0n) is 15.1. The molecule has 0 saturated carbocycles. The summed E-state index contributed by atoms with van der Waals surface area (Å²) >= 11 is 0. The van der Waals surface area contributed by atoms with Crippen molar-refractivity contribution in [3.8, 4) is 0 Å². The van der Waals surface area contributed by atoms with E-state index in [0.717, 1.165) is 57.0 Å². The number of hydrogen-bond donors (Lipinski definition) is 2. The SMILES string of the molecule is O=C1CCCN1CCCNc1cc(C2CCOC2)nc(N2CC(O)C2)n1. The molecule has 1 atom stereocenters. The van der Waals surface area contributed by atoms with Crippen LogP contribution in [0.15, 0.2) is 6.07 Å². The van der Waals surface area contributed by atoms with Crippen LogP contribution in [0.1, 0.15) is 37.3 Å². The van der Waals surface area contributed by atoms with Gasteiger partial charge in [0.2, 0.25) is 11.9 Å². The predicted octanol–water partition coefficient (Wildman–Crippen LogP) is 0.586. The molecule has 1 aromatic rings. The summed E-state index contributed by atoms with van der Waals surface area (Å²) in [7, 11) is 0. The van der Waals surface area contributed by atoms with Crippen LogP contribution in [-0.4, -0.2) is 77.9 Å². The van der Waals surface area contributed by atoms with Gasteiger partial charge in [0.05, 0.1) is 18.4 Å². The summed E-state index contributed by atoms with van der Waals surface area (Å²) < 4.78 is 5.50. The van der Waals surface area contributed by atoms with E-state index >= 15 is 0 Å². The number of anilines is 2. The highest BCUT2D eigenvalue weighted by Crippen LogP contribution is 2.28. The van der Waals surface area contributed by atoms with Crippen molar-refractivity contribution in [1.29, 1.82) is 0 Å². The normalized spacial score (nSPS) is 23.6. The molecule has 0 radical (unpaired) electrons. The van der Waals surface area contributed by atoms with Gasteiger partial charge in [-0.1, -0.05) is 0 Å². The summed E-state index contributed by atoms with van der Waals surface area (Å²) in [5, 5.41) is 12.9. The fraction of sp³-hybridized carbons (Fsp3) is 0.722. The van der Waals surface area contributed by atoms with Crippen molar-refractivity contribution in [2.24, 2.45) is 0 Å². The summed E-state index contributed by atoms with van der Waals surface area (Å²) in [5.74, 6) is 2.07. The van der Waals surface area contributed by atoms with Crippen LogP contribution in [0, 0.1) is 0 Å². The van der Waals surface area contributed by atoms with Crippen LogP contribution in [0.25, 0.3) is 0 Å². The van der Waals surface area contributed by atoms with Crippen molar-refractivity contribution in [1.82, 2.24) is 14.9 Å². The minimum atomic E-state index is -0.286. The van der Waals surface area contributed by atoms with Crippen molar-refractivity contribution in [3.63, 3.8) is 0 Å². The highest BCUT2D eigenvalue weighted by Gasteiger charge is 2.29. The molecule has 1 amide bonds. The molecule has 1 unspecified atom stereocenters. The van der Waals surface area contributed by atoms with E-state index in [1.807, 2.05) is 15.9 Å². The number of aliphatic hydroxyl groups excluding tert-OH is 1. The highest BCUT2D eigenvalue weighted by molar-refractivity contribution is 5.78. The smallest absolute Gasteiger partial charge is 0.227 e. The highest BCUT2D eigenvalue weighted by atomic mass is 16.5. The molecule has 0 aromatic carbocycles. The van der Waals surface area contributed by atoms with E-state index in [0.29, 0.717) is 38.0 Å². The summed E-state index contributed by atoms with van der Waals surface area (Å²) in [6.07, 6.45) is 3.27. The Balaban J connectivity index is 1.38. The largest absolute Gasteiger partial charge is 0.389 e. The number of carbonyl (C=O) groups excluding carboxylic acids is 1. The van der Waals surface area contributed by atoms with Crippen molar-refractivity contribution in [2.45, 2.75) is 37.7 Å². The van der Waals surface area contributed by atoms with Gasteiger partial charge < -0.3 is 25.0 Å². The third-order valence-electron chi connectivity index (χ3n) is 5.31. The molecular formula is C18H27N5O3. The minimum absolute atomic E-state index is 0.272. The number of hydrogen-bond acceptors (Lipinski definition) is 7. The number of nitrogens with zero attached hydrogens (tertiary/aromatic N) is 4. The van der Waals surface area contributed by atoms with Crippen LogP contribution in [0.3, 0.4) is 0 Å². The zero-order chi connectivity index (χ0) is 17.9. The van der Waals surface area contributed by atoms with Gasteiger partial charge in [0, 0.05) is 57.7 Å². The maximum atomic E-state index is 11.7. The second-order valence-corrected chi connectivity index (χ2v) is 7.36. The first kappa shape index (κ1) is 17.5. The molecule has 3 aliphatic rings. The van der Waals surface area contributed by atoms with Crippen LogP contribution in [-0.2, 0) is 9.53 Å². The van der Waals surface area contributed by atoms with E-state index in [2.05, 4.69) is 10.3 Å². The number of amides is 1. The molecule has 2 N–H and O–H groups in total. The third-order valence-corrected chi connectivity index (χ3v) is 5.31. The number of aliphatic hydroxyl groups is 1. The van der Waals surface area contributed by atoms with Crippen molar-refractivity contribution in [2.75, 3.05) is 56.2 Å². The molecule has 3 saturated heterocycles. The number of likely N-dealkylation sites (tertiary alicyclic amines) is 1. The maximum absolute atomic E-state index is 11.7. The van der Waals surface area contributed by atoms with Crippen LogP contribution in [0.5, 0.6) is 0 Å². The lowest BCUT2D eigenvalue weighted by Crippen LogP contribution is -2.51. The number of ether oxygens (including phenoxy) is 1. The zero-order valence-corrected chi connectivity index (χ0v) is 15.1. The molecule has 0 spiro atoms. The molecule has 26 heavy (non-hydrogen) atoms. The maximum Gasteiger partial charge on any atom is 0.227 e. The monoisotopic (exact) mass is 361 g/mol. The van der Waals surface area contributed by atoms with Crippen molar-refractivity contribution < 1.29 is 14.6 Å². The average Bonchev–Trinajstić information content (AvgIpc) is 3.28. The van der Waals surface area contributed by atoms with Gasteiger partial charge in [0.15, 0.2) is 0 Å². The average molecular weight is 361 g/mol. The molecule has 1 aromatic heterocycles. The Morgan fingerprint density at radius 3 is 2.92 bits per heavy atom. The van der Waals surface area contributed by atoms with Crippen LogP contribution in [0.2, 0.25) is 0 Å². The van der Waals surface area contributed by atoms with Gasteiger partial charge in [0.25, 0.3) is 0 Å². The topological polar surface area (TPSA) is 90.8 Å². The number of nitrogens with one attached hydrogen (secondary N) is 1. The van der Waals surface area contributed by atoms with E-state index in [1.54, 1.807) is 0 Å². The lowest BCUT2D eigenvalue weighted by atomic mass is 10.0.